The molecule has 0 aliphatic heterocycles. The number of aromatic nitrogens is 1. The number of carbonyl (C=O) groups is 1. The van der Waals surface area contributed by atoms with Crippen LogP contribution in [0.2, 0.25) is 5.02 Å². The van der Waals surface area contributed by atoms with Crippen molar-refractivity contribution in [1.29, 1.82) is 0 Å². The van der Waals surface area contributed by atoms with E-state index in [-0.39, 0.29) is 17.0 Å². The number of ether oxygens (including phenoxy) is 1. The number of halogens is 2. The lowest BCUT2D eigenvalue weighted by Crippen LogP contribution is -2.40. The molecule has 0 spiro atoms. The summed E-state index contributed by atoms with van der Waals surface area (Å²) in [6.45, 7) is 2.34. The summed E-state index contributed by atoms with van der Waals surface area (Å²) in [6, 6.07) is 15.0. The van der Waals surface area contributed by atoms with Gasteiger partial charge in [0.25, 0.3) is 5.91 Å². The maximum Gasteiger partial charge on any atom is 0.266 e. The normalized spacial score (nSPS) is 14.2. The number of rotatable bonds is 6. The fourth-order valence-electron chi connectivity index (χ4n) is 5.00. The van der Waals surface area contributed by atoms with Crippen LogP contribution in [-0.4, -0.2) is 28.9 Å². The minimum absolute atomic E-state index is 0.0896. The van der Waals surface area contributed by atoms with Crippen LogP contribution in [-0.2, 0) is 6.54 Å². The van der Waals surface area contributed by atoms with Crippen molar-refractivity contribution in [2.45, 2.75) is 51.6 Å². The maximum absolute atomic E-state index is 14.5. The molecule has 0 atom stereocenters. The SMILES string of the molecule is COc1ccc(-c2ccc(C)nc2)cc1CN(C(=O)c1sc2cccc(F)c2c1Cl)C1CCCCC1. The van der Waals surface area contributed by atoms with Gasteiger partial charge in [-0.1, -0.05) is 49.1 Å². The maximum atomic E-state index is 14.5. The molecule has 0 N–H and O–H groups in total. The Kier molecular flexibility index (Phi) is 7.26. The molecular weight excluding hydrogens is 495 g/mol. The van der Waals surface area contributed by atoms with Crippen molar-refractivity contribution >= 4 is 38.9 Å². The molecule has 5 rings (SSSR count). The molecule has 0 bridgehead atoms. The smallest absolute Gasteiger partial charge is 0.266 e. The topological polar surface area (TPSA) is 42.4 Å². The summed E-state index contributed by atoms with van der Waals surface area (Å²) in [4.78, 5) is 20.8. The van der Waals surface area contributed by atoms with Gasteiger partial charge >= 0.3 is 0 Å². The van der Waals surface area contributed by atoms with Crippen LogP contribution in [0.25, 0.3) is 21.2 Å². The molecule has 0 unspecified atom stereocenters. The summed E-state index contributed by atoms with van der Waals surface area (Å²) in [5.41, 5.74) is 3.88. The highest BCUT2D eigenvalue weighted by atomic mass is 35.5. The minimum Gasteiger partial charge on any atom is -0.496 e. The molecule has 36 heavy (non-hydrogen) atoms. The number of hydrogen-bond donors (Lipinski definition) is 0. The first kappa shape index (κ1) is 24.7. The molecule has 4 aromatic rings. The van der Waals surface area contributed by atoms with Crippen LogP contribution in [0.5, 0.6) is 5.75 Å². The number of carbonyl (C=O) groups excluding carboxylic acids is 1. The number of aryl methyl sites for hydroxylation is 1. The molecule has 0 saturated heterocycles. The molecule has 2 aromatic carbocycles. The fourth-order valence-corrected chi connectivity index (χ4v) is 6.51. The Morgan fingerprint density at radius 1 is 1.14 bits per heavy atom. The van der Waals surface area contributed by atoms with Gasteiger partial charge in [-0.3, -0.25) is 9.78 Å². The number of hydrogen-bond acceptors (Lipinski definition) is 4. The van der Waals surface area contributed by atoms with E-state index >= 15 is 0 Å². The number of nitrogens with zero attached hydrogens (tertiary/aromatic N) is 2. The highest BCUT2D eigenvalue weighted by Crippen LogP contribution is 2.39. The van der Waals surface area contributed by atoms with Crippen molar-refractivity contribution in [3.05, 3.63) is 81.7 Å². The van der Waals surface area contributed by atoms with Crippen LogP contribution in [0, 0.1) is 12.7 Å². The zero-order chi connectivity index (χ0) is 25.2. The van der Waals surface area contributed by atoms with Crippen LogP contribution in [0.4, 0.5) is 4.39 Å². The van der Waals surface area contributed by atoms with E-state index in [1.54, 1.807) is 19.2 Å². The van der Waals surface area contributed by atoms with Crippen molar-refractivity contribution in [3.63, 3.8) is 0 Å². The van der Waals surface area contributed by atoms with E-state index in [9.17, 15) is 9.18 Å². The highest BCUT2D eigenvalue weighted by molar-refractivity contribution is 7.21. The lowest BCUT2D eigenvalue weighted by atomic mass is 9.93. The number of thiophene rings is 1. The summed E-state index contributed by atoms with van der Waals surface area (Å²) in [5, 5.41) is 0.521. The Labute approximate surface area is 219 Å². The molecule has 1 aliphatic rings. The van der Waals surface area contributed by atoms with Gasteiger partial charge in [0.1, 0.15) is 16.4 Å². The Morgan fingerprint density at radius 2 is 1.92 bits per heavy atom. The Bertz CT molecular complexity index is 1400. The standard InChI is InChI=1S/C29H28ClFN2O2S/c1-18-11-12-20(16-32-18)19-13-14-24(35-2)21(15-19)17-33(22-7-4-3-5-8-22)29(34)28-27(30)26-23(31)9-6-10-25(26)36-28/h6,9-16,22H,3-5,7-8,17H2,1-2H3. The molecule has 0 radical (unpaired) electrons. The molecule has 1 saturated carbocycles. The summed E-state index contributed by atoms with van der Waals surface area (Å²) < 4.78 is 20.9. The van der Waals surface area contributed by atoms with Crippen LogP contribution in [0.15, 0.2) is 54.7 Å². The number of pyridine rings is 1. The molecule has 186 valence electrons. The largest absolute Gasteiger partial charge is 0.496 e. The molecule has 1 amide bonds. The zero-order valence-electron chi connectivity index (χ0n) is 20.4. The quantitative estimate of drug-likeness (QED) is 0.257. The fraction of sp³-hybridized carbons (Fsp3) is 0.310. The van der Waals surface area contributed by atoms with Gasteiger partial charge in [-0.15, -0.1) is 11.3 Å². The second kappa shape index (κ2) is 10.6. The first-order valence-electron chi connectivity index (χ1n) is 12.2. The summed E-state index contributed by atoms with van der Waals surface area (Å²) in [5.74, 6) is 0.163. The Balaban J connectivity index is 1.55. The van der Waals surface area contributed by atoms with E-state index in [4.69, 9.17) is 16.3 Å². The number of benzene rings is 2. The van der Waals surface area contributed by atoms with Gasteiger partial charge in [0.05, 0.1) is 12.1 Å². The van der Waals surface area contributed by atoms with E-state index in [0.717, 1.165) is 53.8 Å². The highest BCUT2D eigenvalue weighted by Gasteiger charge is 2.31. The summed E-state index contributed by atoms with van der Waals surface area (Å²) in [6.07, 6.45) is 7.06. The molecule has 7 heteroatoms. The summed E-state index contributed by atoms with van der Waals surface area (Å²) in [7, 11) is 1.64. The van der Waals surface area contributed by atoms with Gasteiger partial charge in [0.15, 0.2) is 0 Å². The Hall–Kier alpha value is -2.96. The molecule has 4 nitrogen and oxygen atoms in total. The van der Waals surface area contributed by atoms with E-state index in [1.165, 1.54) is 23.8 Å². The van der Waals surface area contributed by atoms with Crippen LogP contribution in [0.1, 0.15) is 53.0 Å². The van der Waals surface area contributed by atoms with E-state index < -0.39 is 5.82 Å². The molecule has 1 fully saturated rings. The van der Waals surface area contributed by atoms with E-state index in [0.29, 0.717) is 21.5 Å². The monoisotopic (exact) mass is 522 g/mol. The molecule has 2 heterocycles. The number of methoxy groups -OCH3 is 1. The van der Waals surface area contributed by atoms with Gasteiger partial charge in [-0.05, 0) is 55.7 Å². The van der Waals surface area contributed by atoms with Crippen LogP contribution >= 0.6 is 22.9 Å². The lowest BCUT2D eigenvalue weighted by Gasteiger charge is -2.34. The average Bonchev–Trinajstić information content (AvgIpc) is 3.25. The van der Waals surface area contributed by atoms with Gasteiger partial charge in [0, 0.05) is 45.7 Å². The van der Waals surface area contributed by atoms with Crippen molar-refractivity contribution in [2.24, 2.45) is 0 Å². The average molecular weight is 523 g/mol. The zero-order valence-corrected chi connectivity index (χ0v) is 22.0. The minimum atomic E-state index is -0.405. The predicted octanol–water partition coefficient (Wildman–Crippen LogP) is 8.05. The first-order chi connectivity index (χ1) is 17.5. The molecular formula is C29H28ClFN2O2S. The van der Waals surface area contributed by atoms with Gasteiger partial charge in [-0.2, -0.15) is 0 Å². The third-order valence-corrected chi connectivity index (χ3v) is 8.58. The Morgan fingerprint density at radius 3 is 2.61 bits per heavy atom. The third kappa shape index (κ3) is 4.84. The summed E-state index contributed by atoms with van der Waals surface area (Å²) >= 11 is 7.87. The molecule has 1 aliphatic carbocycles. The molecule has 2 aromatic heterocycles. The van der Waals surface area contributed by atoms with Crippen molar-refractivity contribution in [2.75, 3.05) is 7.11 Å². The van der Waals surface area contributed by atoms with Crippen molar-refractivity contribution in [3.8, 4) is 16.9 Å². The second-order valence-electron chi connectivity index (χ2n) is 9.30. The van der Waals surface area contributed by atoms with E-state index in [1.807, 2.05) is 42.3 Å². The van der Waals surface area contributed by atoms with E-state index in [2.05, 4.69) is 11.1 Å². The number of fused-ring (bicyclic) bond motifs is 1. The van der Waals surface area contributed by atoms with Gasteiger partial charge in [-0.25, -0.2) is 4.39 Å². The lowest BCUT2D eigenvalue weighted by molar-refractivity contribution is 0.0618. The third-order valence-electron chi connectivity index (χ3n) is 6.94. The van der Waals surface area contributed by atoms with Gasteiger partial charge in [0.2, 0.25) is 0 Å². The van der Waals surface area contributed by atoms with Gasteiger partial charge < -0.3 is 9.64 Å². The van der Waals surface area contributed by atoms with Crippen molar-refractivity contribution in [1.82, 2.24) is 9.88 Å². The first-order valence-corrected chi connectivity index (χ1v) is 13.4. The number of amides is 1. The van der Waals surface area contributed by atoms with Crippen molar-refractivity contribution < 1.29 is 13.9 Å². The van der Waals surface area contributed by atoms with Crippen LogP contribution < -0.4 is 4.74 Å². The van der Waals surface area contributed by atoms with Crippen LogP contribution in [0.3, 0.4) is 0 Å². The predicted molar refractivity (Wildman–Crippen MR) is 145 cm³/mol. The second-order valence-corrected chi connectivity index (χ2v) is 10.7.